The summed E-state index contributed by atoms with van der Waals surface area (Å²) in [5.74, 6) is 0.579. The van der Waals surface area contributed by atoms with Crippen molar-refractivity contribution < 1.29 is 13.7 Å². The largest absolute Gasteiger partial charge is 0.349 e. The Kier molecular flexibility index (Phi) is 6.41. The zero-order valence-electron chi connectivity index (χ0n) is 15.7. The molecule has 0 aliphatic rings. The van der Waals surface area contributed by atoms with Crippen LogP contribution in [-0.2, 0) is 11.2 Å². The van der Waals surface area contributed by atoms with E-state index in [1.165, 1.54) is 12.1 Å². The van der Waals surface area contributed by atoms with Gasteiger partial charge in [-0.3, -0.25) is 4.79 Å². The summed E-state index contributed by atoms with van der Waals surface area (Å²) in [6.07, 6.45) is 0.549. The molecule has 0 saturated carbocycles. The first kappa shape index (κ1) is 20.0. The lowest BCUT2D eigenvalue weighted by Crippen LogP contribution is -2.31. The molecule has 3 aromatic rings. The minimum absolute atomic E-state index is 0.130. The molecule has 2 aromatic carbocycles. The van der Waals surface area contributed by atoms with Gasteiger partial charge in [0, 0.05) is 23.4 Å². The number of aromatic nitrogens is 2. The van der Waals surface area contributed by atoms with Crippen LogP contribution in [0.3, 0.4) is 0 Å². The lowest BCUT2D eigenvalue weighted by molar-refractivity contribution is -0.122. The lowest BCUT2D eigenvalue weighted by atomic mass is 9.96. The Bertz CT molecular complexity index is 924. The van der Waals surface area contributed by atoms with Crippen molar-refractivity contribution in [2.45, 2.75) is 32.7 Å². The SMILES string of the molecule is CC(C)C(NC(=O)CCc1nc(-c2ccc(Cl)cc2)no1)c1ccc(F)cc1. The topological polar surface area (TPSA) is 68.0 Å². The minimum atomic E-state index is -0.300. The molecule has 7 heteroatoms. The first-order chi connectivity index (χ1) is 13.4. The van der Waals surface area contributed by atoms with Crippen LogP contribution in [0.15, 0.2) is 53.1 Å². The van der Waals surface area contributed by atoms with Gasteiger partial charge >= 0.3 is 0 Å². The van der Waals surface area contributed by atoms with Gasteiger partial charge < -0.3 is 9.84 Å². The maximum absolute atomic E-state index is 13.1. The van der Waals surface area contributed by atoms with Crippen LogP contribution in [-0.4, -0.2) is 16.0 Å². The van der Waals surface area contributed by atoms with Gasteiger partial charge in [-0.2, -0.15) is 4.98 Å². The van der Waals surface area contributed by atoms with E-state index in [9.17, 15) is 9.18 Å². The average Bonchev–Trinajstić information content (AvgIpc) is 3.15. The Morgan fingerprint density at radius 1 is 1.14 bits per heavy atom. The number of nitrogens with zero attached hydrogens (tertiary/aromatic N) is 2. The molecule has 0 bridgehead atoms. The second kappa shape index (κ2) is 8.97. The average molecular weight is 402 g/mol. The van der Waals surface area contributed by atoms with Crippen molar-refractivity contribution in [3.8, 4) is 11.4 Å². The quantitative estimate of drug-likeness (QED) is 0.606. The molecule has 28 heavy (non-hydrogen) atoms. The predicted octanol–water partition coefficient (Wildman–Crippen LogP) is 4.98. The Hall–Kier alpha value is -2.73. The van der Waals surface area contributed by atoms with Gasteiger partial charge in [-0.1, -0.05) is 42.7 Å². The number of hydrogen-bond donors (Lipinski definition) is 1. The number of aryl methyl sites for hydroxylation is 1. The number of amides is 1. The van der Waals surface area contributed by atoms with Gasteiger partial charge in [-0.15, -0.1) is 0 Å². The number of carbonyl (C=O) groups is 1. The smallest absolute Gasteiger partial charge is 0.227 e. The van der Waals surface area contributed by atoms with Crippen LogP contribution in [0.25, 0.3) is 11.4 Å². The predicted molar refractivity (Wildman–Crippen MR) is 105 cm³/mol. The molecule has 0 aliphatic heterocycles. The summed E-state index contributed by atoms with van der Waals surface area (Å²) in [6, 6.07) is 13.1. The highest BCUT2D eigenvalue weighted by molar-refractivity contribution is 6.30. The fourth-order valence-corrected chi connectivity index (χ4v) is 2.97. The van der Waals surface area contributed by atoms with Crippen molar-refractivity contribution >= 4 is 17.5 Å². The van der Waals surface area contributed by atoms with Crippen LogP contribution in [0.5, 0.6) is 0 Å². The Labute approximate surface area is 167 Å². The van der Waals surface area contributed by atoms with Gasteiger partial charge in [-0.05, 0) is 47.9 Å². The third-order valence-corrected chi connectivity index (χ3v) is 4.60. The number of carbonyl (C=O) groups excluding carboxylic acids is 1. The zero-order valence-corrected chi connectivity index (χ0v) is 16.4. The third kappa shape index (κ3) is 5.16. The Morgan fingerprint density at radius 3 is 2.46 bits per heavy atom. The molecular weight excluding hydrogens is 381 g/mol. The molecule has 5 nitrogen and oxygen atoms in total. The first-order valence-corrected chi connectivity index (χ1v) is 9.43. The fourth-order valence-electron chi connectivity index (χ4n) is 2.84. The molecule has 0 radical (unpaired) electrons. The maximum atomic E-state index is 13.1. The van der Waals surface area contributed by atoms with E-state index in [2.05, 4.69) is 15.5 Å². The molecule has 1 amide bonds. The van der Waals surface area contributed by atoms with E-state index in [1.54, 1.807) is 36.4 Å². The van der Waals surface area contributed by atoms with Crippen LogP contribution in [0.4, 0.5) is 4.39 Å². The number of benzene rings is 2. The van der Waals surface area contributed by atoms with Crippen molar-refractivity contribution in [1.82, 2.24) is 15.5 Å². The summed E-state index contributed by atoms with van der Waals surface area (Å²) in [7, 11) is 0. The van der Waals surface area contributed by atoms with Crippen molar-refractivity contribution in [2.24, 2.45) is 5.92 Å². The summed E-state index contributed by atoms with van der Waals surface area (Å²) in [6.45, 7) is 4.01. The van der Waals surface area contributed by atoms with Gasteiger partial charge in [0.2, 0.25) is 17.6 Å². The molecular formula is C21H21ClFN3O2. The van der Waals surface area contributed by atoms with Gasteiger partial charge in [0.25, 0.3) is 0 Å². The molecule has 1 N–H and O–H groups in total. The molecule has 1 heterocycles. The highest BCUT2D eigenvalue weighted by atomic mass is 35.5. The Balaban J connectivity index is 1.59. The highest BCUT2D eigenvalue weighted by Gasteiger charge is 2.19. The molecule has 0 aliphatic carbocycles. The molecule has 0 saturated heterocycles. The summed E-state index contributed by atoms with van der Waals surface area (Å²) >= 11 is 5.88. The highest BCUT2D eigenvalue weighted by Crippen LogP contribution is 2.22. The van der Waals surface area contributed by atoms with Crippen LogP contribution in [0.2, 0.25) is 5.02 Å². The monoisotopic (exact) mass is 401 g/mol. The summed E-state index contributed by atoms with van der Waals surface area (Å²) in [5, 5.41) is 7.57. The van der Waals surface area contributed by atoms with Gasteiger partial charge in [-0.25, -0.2) is 4.39 Å². The van der Waals surface area contributed by atoms with E-state index in [0.717, 1.165) is 11.1 Å². The molecule has 1 unspecified atom stereocenters. The van der Waals surface area contributed by atoms with Crippen LogP contribution < -0.4 is 5.32 Å². The number of hydrogen-bond acceptors (Lipinski definition) is 4. The molecule has 0 fully saturated rings. The fraction of sp³-hybridized carbons (Fsp3) is 0.286. The minimum Gasteiger partial charge on any atom is -0.349 e. The summed E-state index contributed by atoms with van der Waals surface area (Å²) in [4.78, 5) is 16.7. The zero-order chi connectivity index (χ0) is 20.1. The molecule has 1 atom stereocenters. The molecule has 0 spiro atoms. The van der Waals surface area contributed by atoms with E-state index in [4.69, 9.17) is 16.1 Å². The normalized spacial score (nSPS) is 12.2. The third-order valence-electron chi connectivity index (χ3n) is 4.35. The van der Waals surface area contributed by atoms with Crippen molar-refractivity contribution in [1.29, 1.82) is 0 Å². The van der Waals surface area contributed by atoms with E-state index in [0.29, 0.717) is 23.2 Å². The molecule has 1 aromatic heterocycles. The van der Waals surface area contributed by atoms with Crippen molar-refractivity contribution in [3.63, 3.8) is 0 Å². The summed E-state index contributed by atoms with van der Waals surface area (Å²) in [5.41, 5.74) is 1.66. The standard InChI is InChI=1S/C21H21ClFN3O2/c1-13(2)20(14-5-9-17(23)10-6-14)24-18(27)11-12-19-25-21(26-28-19)15-3-7-16(22)8-4-15/h3-10,13,20H,11-12H2,1-2H3,(H,24,27). The number of halogens is 2. The van der Waals surface area contributed by atoms with E-state index >= 15 is 0 Å². The van der Waals surface area contributed by atoms with Gasteiger partial charge in [0.1, 0.15) is 5.82 Å². The van der Waals surface area contributed by atoms with E-state index in [1.807, 2.05) is 13.8 Å². The maximum Gasteiger partial charge on any atom is 0.227 e. The summed E-state index contributed by atoms with van der Waals surface area (Å²) < 4.78 is 18.4. The molecule has 146 valence electrons. The second-order valence-electron chi connectivity index (χ2n) is 6.86. The van der Waals surface area contributed by atoms with Crippen LogP contribution in [0.1, 0.15) is 37.8 Å². The van der Waals surface area contributed by atoms with Crippen molar-refractivity contribution in [3.05, 3.63) is 70.8 Å². The number of nitrogens with one attached hydrogen (secondary N) is 1. The van der Waals surface area contributed by atoms with Crippen molar-refractivity contribution in [2.75, 3.05) is 0 Å². The van der Waals surface area contributed by atoms with Crippen LogP contribution >= 0.6 is 11.6 Å². The van der Waals surface area contributed by atoms with Gasteiger partial charge in [0.05, 0.1) is 6.04 Å². The van der Waals surface area contributed by atoms with E-state index < -0.39 is 0 Å². The lowest BCUT2D eigenvalue weighted by Gasteiger charge is -2.23. The first-order valence-electron chi connectivity index (χ1n) is 9.05. The number of rotatable bonds is 7. The molecule has 3 rings (SSSR count). The second-order valence-corrected chi connectivity index (χ2v) is 7.30. The Morgan fingerprint density at radius 2 is 1.82 bits per heavy atom. The van der Waals surface area contributed by atoms with Crippen LogP contribution in [0, 0.1) is 11.7 Å². The van der Waals surface area contributed by atoms with Gasteiger partial charge in [0.15, 0.2) is 0 Å². The van der Waals surface area contributed by atoms with E-state index in [-0.39, 0.29) is 30.1 Å².